The quantitative estimate of drug-likeness (QED) is 0.499. The minimum Gasteiger partial charge on any atom is -0.389 e. The van der Waals surface area contributed by atoms with Gasteiger partial charge in [-0.1, -0.05) is 0 Å². The highest BCUT2D eigenvalue weighted by Crippen LogP contribution is 2.03. The van der Waals surface area contributed by atoms with Gasteiger partial charge in [0.25, 0.3) is 20.2 Å². The van der Waals surface area contributed by atoms with Gasteiger partial charge in [-0.15, -0.1) is 0 Å². The molecular formula is C3H7O7S2. The maximum Gasteiger partial charge on any atom is 0.271 e. The number of hydrogen-bond acceptors (Lipinski definition) is 5. The zero-order valence-electron chi connectivity index (χ0n) is 5.65. The van der Waals surface area contributed by atoms with Gasteiger partial charge in [0.2, 0.25) is 0 Å². The third-order valence-electron chi connectivity index (χ3n) is 0.924. The Hall–Kier alpha value is -0.220. The van der Waals surface area contributed by atoms with Crippen molar-refractivity contribution in [2.75, 3.05) is 5.75 Å². The van der Waals surface area contributed by atoms with Crippen LogP contribution in [0.25, 0.3) is 0 Å². The molecule has 1 radical (unpaired) electrons. The zero-order chi connectivity index (χ0) is 9.99. The van der Waals surface area contributed by atoms with Crippen LogP contribution in [0.15, 0.2) is 0 Å². The van der Waals surface area contributed by atoms with E-state index in [1.165, 1.54) is 0 Å². The highest BCUT2D eigenvalue weighted by Gasteiger charge is 2.27. The van der Waals surface area contributed by atoms with E-state index in [1.807, 2.05) is 0 Å². The molecular weight excluding hydrogens is 212 g/mol. The van der Waals surface area contributed by atoms with Crippen molar-refractivity contribution in [3.05, 3.63) is 6.61 Å². The second-order valence-electron chi connectivity index (χ2n) is 1.95. The van der Waals surface area contributed by atoms with Crippen molar-refractivity contribution in [1.82, 2.24) is 0 Å². The van der Waals surface area contributed by atoms with Gasteiger partial charge in [0, 0.05) is 0 Å². The fourth-order valence-electron chi connectivity index (χ4n) is 0.414. The Bertz CT molecular complexity index is 324. The summed E-state index contributed by atoms with van der Waals surface area (Å²) >= 11 is 0. The molecule has 0 spiro atoms. The van der Waals surface area contributed by atoms with Crippen LogP contribution in [0, 0.1) is 6.61 Å². The molecule has 12 heavy (non-hydrogen) atoms. The van der Waals surface area contributed by atoms with Gasteiger partial charge in [0.15, 0.2) is 0 Å². The van der Waals surface area contributed by atoms with E-state index in [0.717, 1.165) is 0 Å². The monoisotopic (exact) mass is 219 g/mol. The van der Waals surface area contributed by atoms with E-state index in [2.05, 4.69) is 0 Å². The van der Waals surface area contributed by atoms with E-state index in [9.17, 15) is 16.8 Å². The van der Waals surface area contributed by atoms with Gasteiger partial charge in [-0.3, -0.25) is 9.11 Å². The van der Waals surface area contributed by atoms with E-state index >= 15 is 0 Å². The second kappa shape index (κ2) is 3.66. The van der Waals surface area contributed by atoms with Crippen molar-refractivity contribution in [3.63, 3.8) is 0 Å². The maximum atomic E-state index is 10.2. The molecule has 0 aromatic heterocycles. The molecule has 0 aliphatic rings. The number of aliphatic hydroxyl groups is 1. The van der Waals surface area contributed by atoms with E-state index in [0.29, 0.717) is 0 Å². The van der Waals surface area contributed by atoms with Crippen LogP contribution in [0.1, 0.15) is 0 Å². The van der Waals surface area contributed by atoms with Gasteiger partial charge in [-0.05, 0) is 0 Å². The first-order valence-corrected chi connectivity index (χ1v) is 5.67. The first-order valence-electron chi connectivity index (χ1n) is 2.56. The fraction of sp³-hybridized carbons (Fsp3) is 0.667. The van der Waals surface area contributed by atoms with Gasteiger partial charge in [0.05, 0.1) is 5.75 Å². The molecule has 0 fully saturated rings. The summed E-state index contributed by atoms with van der Waals surface area (Å²) in [4.78, 5) is 0. The normalized spacial score (nSPS) is 15.9. The number of hydrogen-bond donors (Lipinski definition) is 3. The third kappa shape index (κ3) is 4.62. The van der Waals surface area contributed by atoms with Crippen molar-refractivity contribution in [1.29, 1.82) is 0 Å². The van der Waals surface area contributed by atoms with E-state index < -0.39 is 31.2 Å². The van der Waals surface area contributed by atoms with Gasteiger partial charge < -0.3 is 5.11 Å². The summed E-state index contributed by atoms with van der Waals surface area (Å²) in [6.07, 6.45) is 0. The smallest absolute Gasteiger partial charge is 0.271 e. The topological polar surface area (TPSA) is 129 Å². The molecule has 73 valence electrons. The molecule has 7 nitrogen and oxygen atoms in total. The van der Waals surface area contributed by atoms with Gasteiger partial charge in [0.1, 0.15) is 11.9 Å². The lowest BCUT2D eigenvalue weighted by Gasteiger charge is -2.06. The summed E-state index contributed by atoms with van der Waals surface area (Å²) in [5.41, 5.74) is 0. The Labute approximate surface area is 69.5 Å². The summed E-state index contributed by atoms with van der Waals surface area (Å²) in [5, 5.41) is 6.16. The van der Waals surface area contributed by atoms with E-state index in [-0.39, 0.29) is 6.61 Å². The van der Waals surface area contributed by atoms with Gasteiger partial charge >= 0.3 is 0 Å². The lowest BCUT2D eigenvalue weighted by molar-refractivity contribution is 0.366. The van der Waals surface area contributed by atoms with Crippen LogP contribution in [-0.2, 0) is 20.2 Å². The first-order chi connectivity index (χ1) is 5.17. The molecule has 0 rings (SSSR count). The predicted molar refractivity (Wildman–Crippen MR) is 38.0 cm³/mol. The maximum absolute atomic E-state index is 10.2. The molecule has 9 heteroatoms. The predicted octanol–water partition coefficient (Wildman–Crippen LogP) is -1.34. The molecule has 0 aromatic rings. The Morgan fingerprint density at radius 1 is 1.17 bits per heavy atom. The van der Waals surface area contributed by atoms with Crippen LogP contribution in [0.3, 0.4) is 0 Å². The van der Waals surface area contributed by atoms with Crippen LogP contribution < -0.4 is 0 Å². The number of rotatable bonds is 4. The Kier molecular flexibility index (Phi) is 3.59. The highest BCUT2D eigenvalue weighted by atomic mass is 32.2. The van der Waals surface area contributed by atoms with Crippen LogP contribution in [-0.4, -0.2) is 42.1 Å². The fourth-order valence-corrected chi connectivity index (χ4v) is 2.27. The lowest BCUT2D eigenvalue weighted by atomic mass is 10.5. The van der Waals surface area contributed by atoms with Crippen molar-refractivity contribution >= 4 is 20.2 Å². The molecule has 0 bridgehead atoms. The Morgan fingerprint density at radius 3 is 1.67 bits per heavy atom. The summed E-state index contributed by atoms with van der Waals surface area (Å²) in [6, 6.07) is 0. The summed E-state index contributed by atoms with van der Waals surface area (Å²) in [5.74, 6) is -1.28. The molecule has 3 N–H and O–H groups in total. The van der Waals surface area contributed by atoms with Crippen molar-refractivity contribution in [2.24, 2.45) is 0 Å². The van der Waals surface area contributed by atoms with Crippen molar-refractivity contribution in [3.8, 4) is 0 Å². The van der Waals surface area contributed by atoms with Crippen molar-refractivity contribution in [2.45, 2.75) is 5.25 Å². The molecule has 0 saturated carbocycles. The molecule has 0 aliphatic heterocycles. The first kappa shape index (κ1) is 11.8. The summed E-state index contributed by atoms with van der Waals surface area (Å²) < 4.78 is 57.0. The van der Waals surface area contributed by atoms with Gasteiger partial charge in [-0.2, -0.15) is 16.8 Å². The number of aliphatic hydroxyl groups excluding tert-OH is 1. The van der Waals surface area contributed by atoms with Crippen molar-refractivity contribution < 1.29 is 31.0 Å². The molecule has 0 amide bonds. The summed E-state index contributed by atoms with van der Waals surface area (Å²) in [7, 11) is -9.24. The highest BCUT2D eigenvalue weighted by molar-refractivity contribution is 7.90. The minimum atomic E-state index is -4.69. The standard InChI is InChI=1S/C3H7O7S2/c4-1-3(12(8,9)10)2-11(5,6)7/h1,3-4H,2H2,(H,5,6,7)(H,8,9,10). The SMILES string of the molecule is O=S(=O)(O)CC([CH]O)S(=O)(=O)O. The van der Waals surface area contributed by atoms with Crippen LogP contribution >= 0.6 is 0 Å². The lowest BCUT2D eigenvalue weighted by Crippen LogP contribution is -2.29. The second-order valence-corrected chi connectivity index (χ2v) is 5.08. The van der Waals surface area contributed by atoms with Gasteiger partial charge in [-0.25, -0.2) is 0 Å². The van der Waals surface area contributed by atoms with Crippen LogP contribution in [0.4, 0.5) is 0 Å². The molecule has 1 unspecified atom stereocenters. The van der Waals surface area contributed by atoms with E-state index in [1.54, 1.807) is 0 Å². The zero-order valence-corrected chi connectivity index (χ0v) is 7.29. The summed E-state index contributed by atoms with van der Waals surface area (Å²) in [6.45, 7) is -0.0247. The average molecular weight is 219 g/mol. The Balaban J connectivity index is 4.64. The molecule has 0 saturated heterocycles. The third-order valence-corrected chi connectivity index (χ3v) is 2.97. The average Bonchev–Trinajstić information content (AvgIpc) is 1.78. The largest absolute Gasteiger partial charge is 0.389 e. The molecule has 1 atom stereocenters. The van der Waals surface area contributed by atoms with Crippen LogP contribution in [0.5, 0.6) is 0 Å². The van der Waals surface area contributed by atoms with E-state index in [4.69, 9.17) is 14.2 Å². The minimum absolute atomic E-state index is 0.0247. The molecule has 0 aliphatic carbocycles. The van der Waals surface area contributed by atoms with Crippen LogP contribution in [0.2, 0.25) is 0 Å². The Morgan fingerprint density at radius 2 is 1.58 bits per heavy atom. The molecule has 0 aromatic carbocycles. The molecule has 0 heterocycles.